The molecule has 0 aliphatic carbocycles. The number of sulfonamides is 1. The van der Waals surface area contributed by atoms with Crippen molar-refractivity contribution in [1.82, 2.24) is 9.78 Å². The van der Waals surface area contributed by atoms with Gasteiger partial charge in [-0.05, 0) is 24.6 Å². The van der Waals surface area contributed by atoms with E-state index in [1.54, 1.807) is 25.2 Å². The van der Waals surface area contributed by atoms with Gasteiger partial charge in [0.1, 0.15) is 4.90 Å². The molecule has 0 amide bonds. The fourth-order valence-corrected chi connectivity index (χ4v) is 2.67. The SMILES string of the molecule is CC(N)c1cccc(NS(=O)(=O)c2cnn(C)c2)c1. The third-order valence-corrected chi connectivity index (χ3v) is 3.99. The van der Waals surface area contributed by atoms with Gasteiger partial charge in [0.15, 0.2) is 0 Å². The summed E-state index contributed by atoms with van der Waals surface area (Å²) in [7, 11) is -1.95. The van der Waals surface area contributed by atoms with Crippen LogP contribution in [0.25, 0.3) is 0 Å². The number of aryl methyl sites for hydroxylation is 1. The second-order valence-electron chi connectivity index (χ2n) is 4.37. The number of hydrogen-bond donors (Lipinski definition) is 2. The molecule has 0 aliphatic rings. The molecule has 1 atom stereocenters. The van der Waals surface area contributed by atoms with E-state index in [-0.39, 0.29) is 10.9 Å². The molecule has 0 spiro atoms. The van der Waals surface area contributed by atoms with Crippen molar-refractivity contribution in [3.63, 3.8) is 0 Å². The summed E-state index contributed by atoms with van der Waals surface area (Å²) in [5.41, 5.74) is 7.12. The highest BCUT2D eigenvalue weighted by Crippen LogP contribution is 2.19. The fraction of sp³-hybridized carbons (Fsp3) is 0.250. The Kier molecular flexibility index (Phi) is 3.59. The lowest BCUT2D eigenvalue weighted by Gasteiger charge is -2.10. The molecule has 1 aromatic heterocycles. The fourth-order valence-electron chi connectivity index (χ4n) is 1.64. The third-order valence-electron chi connectivity index (χ3n) is 2.66. The van der Waals surface area contributed by atoms with E-state index in [9.17, 15) is 8.42 Å². The topological polar surface area (TPSA) is 90.0 Å². The van der Waals surface area contributed by atoms with Crippen LogP contribution in [0.5, 0.6) is 0 Å². The molecule has 3 N–H and O–H groups in total. The molecule has 7 heteroatoms. The van der Waals surface area contributed by atoms with Gasteiger partial charge < -0.3 is 5.73 Å². The summed E-state index contributed by atoms with van der Waals surface area (Å²) in [5.74, 6) is 0. The zero-order chi connectivity index (χ0) is 14.0. The maximum absolute atomic E-state index is 12.1. The molecule has 0 aliphatic heterocycles. The first kappa shape index (κ1) is 13.6. The minimum Gasteiger partial charge on any atom is -0.324 e. The zero-order valence-corrected chi connectivity index (χ0v) is 11.6. The largest absolute Gasteiger partial charge is 0.324 e. The first-order valence-corrected chi connectivity index (χ1v) is 7.24. The van der Waals surface area contributed by atoms with Gasteiger partial charge in [-0.1, -0.05) is 12.1 Å². The van der Waals surface area contributed by atoms with Crippen LogP contribution in [0.15, 0.2) is 41.6 Å². The van der Waals surface area contributed by atoms with Crippen LogP contribution in [-0.2, 0) is 17.1 Å². The second kappa shape index (κ2) is 5.02. The van der Waals surface area contributed by atoms with Gasteiger partial charge in [0.05, 0.1) is 6.20 Å². The van der Waals surface area contributed by atoms with Crippen LogP contribution in [0, 0.1) is 0 Å². The van der Waals surface area contributed by atoms with E-state index in [1.165, 1.54) is 17.1 Å². The van der Waals surface area contributed by atoms with Crippen molar-refractivity contribution >= 4 is 15.7 Å². The van der Waals surface area contributed by atoms with Gasteiger partial charge in [-0.15, -0.1) is 0 Å². The average Bonchev–Trinajstić information content (AvgIpc) is 2.76. The van der Waals surface area contributed by atoms with Crippen LogP contribution in [0.2, 0.25) is 0 Å². The van der Waals surface area contributed by atoms with Crippen LogP contribution in [-0.4, -0.2) is 18.2 Å². The predicted molar refractivity (Wildman–Crippen MR) is 73.1 cm³/mol. The van der Waals surface area contributed by atoms with Crippen molar-refractivity contribution < 1.29 is 8.42 Å². The molecule has 0 fully saturated rings. The second-order valence-corrected chi connectivity index (χ2v) is 6.05. The van der Waals surface area contributed by atoms with E-state index in [1.807, 2.05) is 13.0 Å². The molecule has 102 valence electrons. The van der Waals surface area contributed by atoms with Crippen molar-refractivity contribution in [2.45, 2.75) is 17.9 Å². The molecule has 6 nitrogen and oxygen atoms in total. The molecule has 2 aromatic rings. The van der Waals surface area contributed by atoms with Crippen LogP contribution in [0.4, 0.5) is 5.69 Å². The summed E-state index contributed by atoms with van der Waals surface area (Å²) in [6, 6.07) is 6.87. The lowest BCUT2D eigenvalue weighted by Crippen LogP contribution is -2.13. The highest BCUT2D eigenvalue weighted by atomic mass is 32.2. The first-order chi connectivity index (χ1) is 8.88. The van der Waals surface area contributed by atoms with Crippen molar-refractivity contribution in [1.29, 1.82) is 0 Å². The van der Waals surface area contributed by atoms with Crippen LogP contribution in [0.3, 0.4) is 0 Å². The maximum Gasteiger partial charge on any atom is 0.265 e. The summed E-state index contributed by atoms with van der Waals surface area (Å²) >= 11 is 0. The molecule has 1 heterocycles. The molecule has 1 aromatic carbocycles. The third kappa shape index (κ3) is 3.12. The van der Waals surface area contributed by atoms with E-state index in [0.717, 1.165) is 5.56 Å². The predicted octanol–water partition coefficient (Wildman–Crippen LogP) is 1.24. The molecule has 2 rings (SSSR count). The Morgan fingerprint density at radius 2 is 2.16 bits per heavy atom. The Bertz CT molecular complexity index is 677. The number of rotatable bonds is 4. The molecular formula is C12H16N4O2S. The Hall–Kier alpha value is -1.86. The number of aromatic nitrogens is 2. The summed E-state index contributed by atoms with van der Waals surface area (Å²) in [6.45, 7) is 1.84. The van der Waals surface area contributed by atoms with Crippen molar-refractivity contribution in [3.05, 3.63) is 42.2 Å². The number of nitrogens with two attached hydrogens (primary N) is 1. The first-order valence-electron chi connectivity index (χ1n) is 5.75. The van der Waals surface area contributed by atoms with Crippen molar-refractivity contribution in [2.24, 2.45) is 12.8 Å². The minimum absolute atomic E-state index is 0.126. The zero-order valence-electron chi connectivity index (χ0n) is 10.7. The quantitative estimate of drug-likeness (QED) is 0.881. The van der Waals surface area contributed by atoms with Gasteiger partial charge in [0, 0.05) is 25.0 Å². The summed E-state index contributed by atoms with van der Waals surface area (Å²) in [6.07, 6.45) is 2.75. The van der Waals surface area contributed by atoms with E-state index in [4.69, 9.17) is 5.73 Å². The summed E-state index contributed by atoms with van der Waals surface area (Å²) < 4.78 is 28.1. The number of nitrogens with zero attached hydrogens (tertiary/aromatic N) is 2. The van der Waals surface area contributed by atoms with Gasteiger partial charge in [0.25, 0.3) is 10.0 Å². The summed E-state index contributed by atoms with van der Waals surface area (Å²) in [4.78, 5) is 0.126. The van der Waals surface area contributed by atoms with Crippen molar-refractivity contribution in [2.75, 3.05) is 4.72 Å². The van der Waals surface area contributed by atoms with Gasteiger partial charge in [-0.3, -0.25) is 9.40 Å². The van der Waals surface area contributed by atoms with Gasteiger partial charge in [-0.25, -0.2) is 8.42 Å². The Morgan fingerprint density at radius 3 is 2.74 bits per heavy atom. The summed E-state index contributed by atoms with van der Waals surface area (Å²) in [5, 5.41) is 3.85. The highest BCUT2D eigenvalue weighted by molar-refractivity contribution is 7.92. The molecular weight excluding hydrogens is 264 g/mol. The average molecular weight is 280 g/mol. The standard InChI is InChI=1S/C12H16N4O2S/c1-9(13)10-4-3-5-11(6-10)15-19(17,18)12-7-14-16(2)8-12/h3-9,15H,13H2,1-2H3. The van der Waals surface area contributed by atoms with Gasteiger partial charge in [0.2, 0.25) is 0 Å². The monoisotopic (exact) mass is 280 g/mol. The molecule has 0 radical (unpaired) electrons. The smallest absolute Gasteiger partial charge is 0.265 e. The number of nitrogens with one attached hydrogen (secondary N) is 1. The van der Waals surface area contributed by atoms with E-state index in [2.05, 4.69) is 9.82 Å². The van der Waals surface area contributed by atoms with Crippen LogP contribution in [0.1, 0.15) is 18.5 Å². The normalized spacial score (nSPS) is 13.2. The Balaban J connectivity index is 2.28. The van der Waals surface area contributed by atoms with Crippen LogP contribution < -0.4 is 10.5 Å². The van der Waals surface area contributed by atoms with E-state index < -0.39 is 10.0 Å². The molecule has 0 saturated heterocycles. The van der Waals surface area contributed by atoms with E-state index >= 15 is 0 Å². The Morgan fingerprint density at radius 1 is 1.42 bits per heavy atom. The molecule has 0 saturated carbocycles. The van der Waals surface area contributed by atoms with Gasteiger partial charge >= 0.3 is 0 Å². The minimum atomic E-state index is -3.61. The van der Waals surface area contributed by atoms with Crippen molar-refractivity contribution in [3.8, 4) is 0 Å². The number of benzene rings is 1. The van der Waals surface area contributed by atoms with E-state index in [0.29, 0.717) is 5.69 Å². The highest BCUT2D eigenvalue weighted by Gasteiger charge is 2.16. The number of anilines is 1. The molecule has 0 bridgehead atoms. The lowest BCUT2D eigenvalue weighted by molar-refractivity contribution is 0.601. The maximum atomic E-state index is 12.1. The molecule has 19 heavy (non-hydrogen) atoms. The molecule has 1 unspecified atom stereocenters. The lowest BCUT2D eigenvalue weighted by atomic mass is 10.1. The Labute approximate surface area is 112 Å². The van der Waals surface area contributed by atoms with Gasteiger partial charge in [-0.2, -0.15) is 5.10 Å². The van der Waals surface area contributed by atoms with Crippen LogP contribution >= 0.6 is 0 Å². The number of hydrogen-bond acceptors (Lipinski definition) is 4.